The molecule has 6 heteroatoms. The van der Waals surface area contributed by atoms with Gasteiger partial charge in [0.2, 0.25) is 5.91 Å². The lowest BCUT2D eigenvalue weighted by Crippen LogP contribution is -2.45. The van der Waals surface area contributed by atoms with E-state index in [9.17, 15) is 19.8 Å². The van der Waals surface area contributed by atoms with Gasteiger partial charge >= 0.3 is 5.97 Å². The first-order chi connectivity index (χ1) is 40.5. The number of rotatable bonds is 70. The maximum atomic E-state index is 12.5. The molecule has 0 aliphatic heterocycles. The molecule has 0 aliphatic rings. The van der Waals surface area contributed by atoms with Crippen LogP contribution < -0.4 is 5.32 Å². The van der Waals surface area contributed by atoms with Crippen LogP contribution in [0.25, 0.3) is 0 Å². The van der Waals surface area contributed by atoms with Crippen molar-refractivity contribution < 1.29 is 24.5 Å². The Labute approximate surface area is 513 Å². The molecule has 0 saturated heterocycles. The summed E-state index contributed by atoms with van der Waals surface area (Å²) in [6, 6.07) is -0.540. The molecule has 0 radical (unpaired) electrons. The normalized spacial score (nSPS) is 12.7. The van der Waals surface area contributed by atoms with Crippen LogP contribution in [0.3, 0.4) is 0 Å². The van der Waals surface area contributed by atoms with Gasteiger partial charge < -0.3 is 20.3 Å². The first-order valence-corrected chi connectivity index (χ1v) is 37.2. The van der Waals surface area contributed by atoms with E-state index in [2.05, 4.69) is 55.6 Å². The Morgan fingerprint density at radius 1 is 0.341 bits per heavy atom. The van der Waals surface area contributed by atoms with Crippen molar-refractivity contribution in [3.05, 3.63) is 36.5 Å². The number of allylic oxidation sites excluding steroid dienone is 6. The van der Waals surface area contributed by atoms with Crippen LogP contribution in [0.15, 0.2) is 36.5 Å². The van der Waals surface area contributed by atoms with Crippen LogP contribution in [0.1, 0.15) is 412 Å². The largest absolute Gasteiger partial charge is 0.466 e. The minimum atomic E-state index is -0.663. The number of esters is 1. The lowest BCUT2D eigenvalue weighted by Gasteiger charge is -2.22. The minimum Gasteiger partial charge on any atom is -0.466 e. The molecule has 82 heavy (non-hydrogen) atoms. The number of carbonyl (C=O) groups excluding carboxylic acids is 2. The number of unbranched alkanes of at least 4 members (excludes halogenated alkanes) is 53. The number of hydrogen-bond donors (Lipinski definition) is 3. The molecule has 6 nitrogen and oxygen atoms in total. The third kappa shape index (κ3) is 67.2. The average molecular weight is 1150 g/mol. The van der Waals surface area contributed by atoms with Gasteiger partial charge in [-0.15, -0.1) is 0 Å². The molecule has 0 aromatic carbocycles. The third-order valence-corrected chi connectivity index (χ3v) is 17.4. The van der Waals surface area contributed by atoms with Gasteiger partial charge in [-0.2, -0.15) is 0 Å². The van der Waals surface area contributed by atoms with Crippen LogP contribution >= 0.6 is 0 Å². The summed E-state index contributed by atoms with van der Waals surface area (Å²) in [6.45, 7) is 4.92. The van der Waals surface area contributed by atoms with Gasteiger partial charge in [0, 0.05) is 12.8 Å². The first-order valence-electron chi connectivity index (χ1n) is 37.2. The van der Waals surface area contributed by atoms with Crippen molar-refractivity contribution >= 4 is 11.9 Å². The van der Waals surface area contributed by atoms with Gasteiger partial charge in [-0.25, -0.2) is 0 Å². The first kappa shape index (κ1) is 80.1. The van der Waals surface area contributed by atoms with E-state index in [1.165, 1.54) is 327 Å². The zero-order chi connectivity index (χ0) is 59.2. The molecule has 0 heterocycles. The fourth-order valence-corrected chi connectivity index (χ4v) is 11.7. The van der Waals surface area contributed by atoms with Crippen molar-refractivity contribution in [2.75, 3.05) is 13.2 Å². The molecule has 0 spiro atoms. The summed E-state index contributed by atoms with van der Waals surface area (Å²) in [5.74, 6) is -0.0241. The van der Waals surface area contributed by atoms with Crippen molar-refractivity contribution in [2.45, 2.75) is 424 Å². The summed E-state index contributed by atoms with van der Waals surface area (Å²) < 4.78 is 5.48. The molecule has 2 atom stereocenters. The Bertz CT molecular complexity index is 1330. The van der Waals surface area contributed by atoms with Crippen LogP contribution in [0, 0.1) is 0 Å². The van der Waals surface area contributed by atoms with Gasteiger partial charge in [-0.05, 0) is 77.0 Å². The number of aliphatic hydroxyl groups excluding tert-OH is 2. The molecule has 0 aliphatic carbocycles. The van der Waals surface area contributed by atoms with Crippen LogP contribution in [0.4, 0.5) is 0 Å². The summed E-state index contributed by atoms with van der Waals surface area (Å²) in [4.78, 5) is 24.6. The highest BCUT2D eigenvalue weighted by Crippen LogP contribution is 2.19. The fourth-order valence-electron chi connectivity index (χ4n) is 11.7. The number of amides is 1. The fraction of sp³-hybridized carbons (Fsp3) is 0.895. The second kappa shape index (κ2) is 71.6. The molecular formula is C76H145NO5. The zero-order valence-corrected chi connectivity index (χ0v) is 55.5. The van der Waals surface area contributed by atoms with Crippen molar-refractivity contribution in [1.29, 1.82) is 0 Å². The molecule has 484 valence electrons. The summed E-state index contributed by atoms with van der Waals surface area (Å²) in [5.41, 5.74) is 0. The number of carbonyl (C=O) groups is 2. The second-order valence-electron chi connectivity index (χ2n) is 25.6. The van der Waals surface area contributed by atoms with E-state index in [1.54, 1.807) is 0 Å². The van der Waals surface area contributed by atoms with Gasteiger partial charge in [-0.3, -0.25) is 9.59 Å². The van der Waals surface area contributed by atoms with Crippen LogP contribution in [-0.2, 0) is 14.3 Å². The van der Waals surface area contributed by atoms with E-state index < -0.39 is 12.1 Å². The molecule has 2 unspecified atom stereocenters. The predicted molar refractivity (Wildman–Crippen MR) is 361 cm³/mol. The Morgan fingerprint density at radius 2 is 0.634 bits per heavy atom. The molecule has 0 aromatic rings. The Balaban J connectivity index is 3.35. The molecule has 0 aromatic heterocycles. The summed E-state index contributed by atoms with van der Waals surface area (Å²) in [5, 5.41) is 23.4. The third-order valence-electron chi connectivity index (χ3n) is 17.4. The highest BCUT2D eigenvalue weighted by Gasteiger charge is 2.20. The molecule has 1 amide bonds. The molecule has 0 fully saturated rings. The topological polar surface area (TPSA) is 95.9 Å². The summed E-state index contributed by atoms with van der Waals surface area (Å²) in [6.07, 6.45) is 92.2. The van der Waals surface area contributed by atoms with Gasteiger partial charge in [0.05, 0.1) is 25.4 Å². The minimum absolute atomic E-state index is 0.00370. The van der Waals surface area contributed by atoms with Crippen LogP contribution in [0.5, 0.6) is 0 Å². The monoisotopic (exact) mass is 1150 g/mol. The van der Waals surface area contributed by atoms with Crippen molar-refractivity contribution in [1.82, 2.24) is 5.32 Å². The Kier molecular flexibility index (Phi) is 69.9. The van der Waals surface area contributed by atoms with Crippen LogP contribution in [0.2, 0.25) is 0 Å². The van der Waals surface area contributed by atoms with E-state index in [0.717, 1.165) is 51.4 Å². The molecule has 0 bridgehead atoms. The number of nitrogens with one attached hydrogen (secondary N) is 1. The predicted octanol–water partition coefficient (Wildman–Crippen LogP) is 24.3. The maximum absolute atomic E-state index is 12.5. The number of aliphatic hydroxyl groups is 2. The Morgan fingerprint density at radius 3 is 0.988 bits per heavy atom. The van der Waals surface area contributed by atoms with Crippen molar-refractivity contribution in [2.24, 2.45) is 0 Å². The zero-order valence-electron chi connectivity index (χ0n) is 55.5. The molecular weight excluding hydrogens is 1010 g/mol. The number of hydrogen-bond acceptors (Lipinski definition) is 5. The van der Waals surface area contributed by atoms with Gasteiger partial charge in [0.15, 0.2) is 0 Å². The SMILES string of the molecule is CCC/C=C\C/C=C\CCCCCCCC(=O)OCCCCCCCCCCCCCC/C=C\CCCCCCCCCCCCCCCCCCCC(=O)NC(CO)C(O)CCCCCCCCCCCCCCCCCCCCC. The standard InChI is InChI=1S/C76H145NO5/c1-3-5-7-9-11-13-15-17-18-19-35-38-41-45-48-52-56-60-64-68-74(79)73(72-78)77-75(80)69-65-61-57-53-49-46-42-39-36-33-31-29-27-25-23-21-20-22-24-26-28-30-32-34-37-40-43-47-51-55-59-63-67-71-82-76(81)70-66-62-58-54-50-44-16-14-12-10-8-6-4-2/h8,10,14,16,24,26,73-74,78-79H,3-7,9,11-13,15,17-23,25,27-72H2,1-2H3,(H,77,80)/b10-8-,16-14-,26-24-. The average Bonchev–Trinajstić information content (AvgIpc) is 3.48. The maximum Gasteiger partial charge on any atom is 0.305 e. The second-order valence-corrected chi connectivity index (χ2v) is 25.6. The Hall–Kier alpha value is -1.92. The van der Waals surface area contributed by atoms with E-state index in [-0.39, 0.29) is 18.5 Å². The highest BCUT2D eigenvalue weighted by atomic mass is 16.5. The van der Waals surface area contributed by atoms with Crippen molar-refractivity contribution in [3.63, 3.8) is 0 Å². The van der Waals surface area contributed by atoms with E-state index in [0.29, 0.717) is 25.9 Å². The summed E-state index contributed by atoms with van der Waals surface area (Å²) >= 11 is 0. The van der Waals surface area contributed by atoms with Crippen molar-refractivity contribution in [3.8, 4) is 0 Å². The van der Waals surface area contributed by atoms with Gasteiger partial charge in [-0.1, -0.05) is 359 Å². The molecule has 0 rings (SSSR count). The lowest BCUT2D eigenvalue weighted by atomic mass is 10.0. The van der Waals surface area contributed by atoms with E-state index >= 15 is 0 Å². The number of ether oxygens (including phenoxy) is 1. The molecule has 0 saturated carbocycles. The van der Waals surface area contributed by atoms with E-state index in [4.69, 9.17) is 4.74 Å². The quantitative estimate of drug-likeness (QED) is 0.0320. The molecule has 3 N–H and O–H groups in total. The van der Waals surface area contributed by atoms with Gasteiger partial charge in [0.25, 0.3) is 0 Å². The lowest BCUT2D eigenvalue weighted by molar-refractivity contribution is -0.143. The summed E-state index contributed by atoms with van der Waals surface area (Å²) in [7, 11) is 0. The smallest absolute Gasteiger partial charge is 0.305 e. The van der Waals surface area contributed by atoms with Crippen LogP contribution in [-0.4, -0.2) is 47.4 Å². The van der Waals surface area contributed by atoms with E-state index in [1.807, 2.05) is 0 Å². The van der Waals surface area contributed by atoms with Gasteiger partial charge in [0.1, 0.15) is 0 Å². The highest BCUT2D eigenvalue weighted by molar-refractivity contribution is 5.76.